The van der Waals surface area contributed by atoms with Crippen molar-refractivity contribution in [2.45, 2.75) is 19.4 Å². The van der Waals surface area contributed by atoms with Crippen LogP contribution in [-0.2, 0) is 0 Å². The van der Waals surface area contributed by atoms with Gasteiger partial charge in [0.2, 0.25) is 0 Å². The van der Waals surface area contributed by atoms with Gasteiger partial charge in [0, 0.05) is 19.3 Å². The third kappa shape index (κ3) is 2.20. The highest BCUT2D eigenvalue weighted by atomic mass is 16.3. The van der Waals surface area contributed by atoms with E-state index in [9.17, 15) is 9.90 Å². The number of carbonyl (C=O) groups is 1. The van der Waals surface area contributed by atoms with Crippen LogP contribution >= 0.6 is 0 Å². The molecule has 4 heteroatoms. The second-order valence-electron chi connectivity index (χ2n) is 4.81. The summed E-state index contributed by atoms with van der Waals surface area (Å²) in [6, 6.07) is 7.43. The highest BCUT2D eigenvalue weighted by Gasteiger charge is 2.34. The third-order valence-electron chi connectivity index (χ3n) is 3.76. The number of rotatable bonds is 3. The number of nitrogens with one attached hydrogen (secondary N) is 1. The second-order valence-corrected chi connectivity index (χ2v) is 4.81. The van der Waals surface area contributed by atoms with Gasteiger partial charge in [0.15, 0.2) is 0 Å². The Morgan fingerprint density at radius 1 is 1.50 bits per heavy atom. The molecule has 4 nitrogen and oxygen atoms in total. The summed E-state index contributed by atoms with van der Waals surface area (Å²) in [5, 5.41) is 12.5. The van der Waals surface area contributed by atoms with E-state index in [-0.39, 0.29) is 18.6 Å². The van der Waals surface area contributed by atoms with Crippen LogP contribution in [0.1, 0.15) is 23.7 Å². The summed E-state index contributed by atoms with van der Waals surface area (Å²) in [7, 11) is 1.81. The SMILES string of the molecule is CNc1ccccc1C(=O)N1CCC(C)C1CO. The van der Waals surface area contributed by atoms with Crippen LogP contribution in [0, 0.1) is 5.92 Å². The normalized spacial score (nSPS) is 23.2. The Morgan fingerprint density at radius 2 is 2.22 bits per heavy atom. The maximum atomic E-state index is 12.5. The first-order chi connectivity index (χ1) is 8.69. The molecule has 2 unspecified atom stereocenters. The predicted octanol–water partition coefficient (Wildman–Crippen LogP) is 1.57. The summed E-state index contributed by atoms with van der Waals surface area (Å²) >= 11 is 0. The highest BCUT2D eigenvalue weighted by Crippen LogP contribution is 2.27. The van der Waals surface area contributed by atoms with Gasteiger partial charge < -0.3 is 15.3 Å². The number of para-hydroxylation sites is 1. The quantitative estimate of drug-likeness (QED) is 0.853. The van der Waals surface area contributed by atoms with Gasteiger partial charge in [0.25, 0.3) is 5.91 Å². The largest absolute Gasteiger partial charge is 0.394 e. The Morgan fingerprint density at radius 3 is 2.89 bits per heavy atom. The van der Waals surface area contributed by atoms with E-state index in [0.29, 0.717) is 11.5 Å². The van der Waals surface area contributed by atoms with E-state index in [4.69, 9.17) is 0 Å². The number of hydrogen-bond acceptors (Lipinski definition) is 3. The fraction of sp³-hybridized carbons (Fsp3) is 0.500. The van der Waals surface area contributed by atoms with Crippen LogP contribution in [0.2, 0.25) is 0 Å². The lowest BCUT2D eigenvalue weighted by Crippen LogP contribution is -2.40. The van der Waals surface area contributed by atoms with Crippen molar-refractivity contribution in [1.82, 2.24) is 4.90 Å². The molecular weight excluding hydrogens is 228 g/mol. The summed E-state index contributed by atoms with van der Waals surface area (Å²) in [5.74, 6) is 0.365. The van der Waals surface area contributed by atoms with E-state index in [2.05, 4.69) is 12.2 Å². The van der Waals surface area contributed by atoms with Crippen molar-refractivity contribution < 1.29 is 9.90 Å². The van der Waals surface area contributed by atoms with E-state index < -0.39 is 0 Å². The molecule has 1 saturated heterocycles. The average molecular weight is 248 g/mol. The molecule has 98 valence electrons. The van der Waals surface area contributed by atoms with E-state index >= 15 is 0 Å². The Kier molecular flexibility index (Phi) is 3.87. The maximum absolute atomic E-state index is 12.5. The number of likely N-dealkylation sites (tertiary alicyclic amines) is 1. The number of anilines is 1. The van der Waals surface area contributed by atoms with Crippen molar-refractivity contribution >= 4 is 11.6 Å². The fourth-order valence-electron chi connectivity index (χ4n) is 2.58. The molecule has 0 aliphatic carbocycles. The van der Waals surface area contributed by atoms with Crippen LogP contribution < -0.4 is 5.32 Å². The van der Waals surface area contributed by atoms with Gasteiger partial charge in [-0.05, 0) is 24.5 Å². The van der Waals surface area contributed by atoms with Gasteiger partial charge >= 0.3 is 0 Å². The van der Waals surface area contributed by atoms with Crippen molar-refractivity contribution in [3.8, 4) is 0 Å². The van der Waals surface area contributed by atoms with Crippen molar-refractivity contribution in [2.24, 2.45) is 5.92 Å². The topological polar surface area (TPSA) is 52.6 Å². The molecule has 1 aliphatic heterocycles. The smallest absolute Gasteiger partial charge is 0.256 e. The first-order valence-corrected chi connectivity index (χ1v) is 6.37. The number of hydrogen-bond donors (Lipinski definition) is 2. The van der Waals surface area contributed by atoms with Crippen LogP contribution in [0.4, 0.5) is 5.69 Å². The number of carbonyl (C=O) groups excluding carboxylic acids is 1. The molecule has 1 aromatic carbocycles. The van der Waals surface area contributed by atoms with Gasteiger partial charge in [-0.1, -0.05) is 19.1 Å². The molecule has 0 radical (unpaired) electrons. The number of amides is 1. The zero-order valence-corrected chi connectivity index (χ0v) is 10.9. The van der Waals surface area contributed by atoms with E-state index in [1.807, 2.05) is 31.3 Å². The molecule has 0 aromatic heterocycles. The minimum absolute atomic E-state index is 0.00310. The molecule has 2 N–H and O–H groups in total. The second kappa shape index (κ2) is 5.40. The number of aliphatic hydroxyl groups is 1. The lowest BCUT2D eigenvalue weighted by molar-refractivity contribution is 0.0649. The molecule has 0 saturated carbocycles. The summed E-state index contributed by atoms with van der Waals surface area (Å²) in [6.07, 6.45) is 0.957. The molecule has 1 amide bonds. The molecule has 1 fully saturated rings. The molecule has 0 bridgehead atoms. The van der Waals surface area contributed by atoms with Crippen LogP contribution in [0.5, 0.6) is 0 Å². The van der Waals surface area contributed by atoms with Crippen molar-refractivity contribution in [3.05, 3.63) is 29.8 Å². The molecule has 1 aromatic rings. The van der Waals surface area contributed by atoms with Crippen LogP contribution in [0.25, 0.3) is 0 Å². The monoisotopic (exact) mass is 248 g/mol. The molecule has 18 heavy (non-hydrogen) atoms. The first kappa shape index (κ1) is 12.9. The van der Waals surface area contributed by atoms with Crippen molar-refractivity contribution in [2.75, 3.05) is 25.5 Å². The minimum Gasteiger partial charge on any atom is -0.394 e. The number of benzene rings is 1. The van der Waals surface area contributed by atoms with Crippen LogP contribution in [-0.4, -0.2) is 42.2 Å². The Labute approximate surface area is 108 Å². The van der Waals surface area contributed by atoms with E-state index in [1.54, 1.807) is 4.90 Å². The van der Waals surface area contributed by atoms with E-state index in [0.717, 1.165) is 18.7 Å². The Hall–Kier alpha value is -1.55. The molecule has 1 aliphatic rings. The first-order valence-electron chi connectivity index (χ1n) is 6.37. The van der Waals surface area contributed by atoms with Crippen molar-refractivity contribution in [1.29, 1.82) is 0 Å². The predicted molar refractivity (Wildman–Crippen MR) is 71.7 cm³/mol. The zero-order chi connectivity index (χ0) is 13.1. The zero-order valence-electron chi connectivity index (χ0n) is 10.9. The molecule has 2 atom stereocenters. The van der Waals surface area contributed by atoms with Gasteiger partial charge in [0.1, 0.15) is 0 Å². The van der Waals surface area contributed by atoms with Crippen LogP contribution in [0.3, 0.4) is 0 Å². The third-order valence-corrected chi connectivity index (χ3v) is 3.76. The molecule has 0 spiro atoms. The minimum atomic E-state index is -0.0533. The molecule has 2 rings (SSSR count). The highest BCUT2D eigenvalue weighted by molar-refractivity contribution is 5.99. The lowest BCUT2D eigenvalue weighted by Gasteiger charge is -2.26. The molecule has 1 heterocycles. The standard InChI is InChI=1S/C14H20N2O2/c1-10-7-8-16(13(10)9-17)14(18)11-5-3-4-6-12(11)15-2/h3-6,10,13,15,17H,7-9H2,1-2H3. The summed E-state index contributed by atoms with van der Waals surface area (Å²) in [4.78, 5) is 14.3. The Bertz CT molecular complexity index is 434. The van der Waals surface area contributed by atoms with Crippen LogP contribution in [0.15, 0.2) is 24.3 Å². The summed E-state index contributed by atoms with van der Waals surface area (Å²) in [6.45, 7) is 2.84. The van der Waals surface area contributed by atoms with Gasteiger partial charge in [-0.25, -0.2) is 0 Å². The van der Waals surface area contributed by atoms with Gasteiger partial charge in [-0.2, -0.15) is 0 Å². The lowest BCUT2D eigenvalue weighted by atomic mass is 10.0. The van der Waals surface area contributed by atoms with Crippen molar-refractivity contribution in [3.63, 3.8) is 0 Å². The van der Waals surface area contributed by atoms with Gasteiger partial charge in [0.05, 0.1) is 18.2 Å². The average Bonchev–Trinajstić information content (AvgIpc) is 2.78. The van der Waals surface area contributed by atoms with Gasteiger partial charge in [-0.15, -0.1) is 0 Å². The maximum Gasteiger partial charge on any atom is 0.256 e. The van der Waals surface area contributed by atoms with Gasteiger partial charge in [-0.3, -0.25) is 4.79 Å². The number of aliphatic hydroxyl groups excluding tert-OH is 1. The fourth-order valence-corrected chi connectivity index (χ4v) is 2.58. The molecular formula is C14H20N2O2. The summed E-state index contributed by atoms with van der Waals surface area (Å²) < 4.78 is 0. The number of nitrogens with zero attached hydrogens (tertiary/aromatic N) is 1. The summed E-state index contributed by atoms with van der Waals surface area (Å²) in [5.41, 5.74) is 1.51. The Balaban J connectivity index is 2.26. The van der Waals surface area contributed by atoms with E-state index in [1.165, 1.54) is 0 Å².